The zero-order chi connectivity index (χ0) is 21.5. The van der Waals surface area contributed by atoms with Crippen molar-refractivity contribution in [3.05, 3.63) is 65.0 Å². The van der Waals surface area contributed by atoms with Gasteiger partial charge in [0.25, 0.3) is 0 Å². The van der Waals surface area contributed by atoms with E-state index < -0.39 is 15.6 Å². The molecule has 0 aromatic heterocycles. The fourth-order valence-corrected chi connectivity index (χ4v) is 5.34. The molecule has 0 radical (unpaired) electrons. The number of nitrogens with one attached hydrogen (secondary N) is 1. The maximum absolute atomic E-state index is 13.3. The Morgan fingerprint density at radius 1 is 1.13 bits per heavy atom. The Balaban J connectivity index is 1.60. The number of carbonyl (C=O) groups excluding carboxylic acids is 1. The average Bonchev–Trinajstić information content (AvgIpc) is 2.70. The topological polar surface area (TPSA) is 75.7 Å². The van der Waals surface area contributed by atoms with Crippen molar-refractivity contribution in [2.75, 3.05) is 19.8 Å². The first kappa shape index (κ1) is 21.0. The van der Waals surface area contributed by atoms with Gasteiger partial charge in [-0.3, -0.25) is 4.79 Å². The fourth-order valence-electron chi connectivity index (χ4n) is 3.93. The summed E-state index contributed by atoms with van der Waals surface area (Å²) in [4.78, 5) is 14.3. The van der Waals surface area contributed by atoms with Gasteiger partial charge in [-0.15, -0.1) is 0 Å². The third-order valence-corrected chi connectivity index (χ3v) is 7.26. The number of hydrogen-bond donors (Lipinski definition) is 1. The van der Waals surface area contributed by atoms with Crippen molar-refractivity contribution in [1.82, 2.24) is 9.62 Å². The fraction of sp³-hybridized carbons (Fsp3) is 0.409. The second-order valence-electron chi connectivity index (χ2n) is 8.28. The Morgan fingerprint density at radius 2 is 1.83 bits per heavy atom. The summed E-state index contributed by atoms with van der Waals surface area (Å²) in [5.41, 5.74) is 1.65. The Morgan fingerprint density at radius 3 is 2.43 bits per heavy atom. The van der Waals surface area contributed by atoms with Crippen molar-refractivity contribution < 1.29 is 22.3 Å². The maximum Gasteiger partial charge on any atom is 0.241 e. The van der Waals surface area contributed by atoms with Gasteiger partial charge in [-0.2, -0.15) is 4.72 Å². The Hall–Kier alpha value is -2.29. The molecule has 1 amide bonds. The van der Waals surface area contributed by atoms with Crippen molar-refractivity contribution in [3.8, 4) is 0 Å². The number of amides is 1. The number of rotatable bonds is 5. The summed E-state index contributed by atoms with van der Waals surface area (Å²) >= 11 is 0. The molecule has 2 aliphatic rings. The lowest BCUT2D eigenvalue weighted by Gasteiger charge is -2.42. The summed E-state index contributed by atoms with van der Waals surface area (Å²) in [6, 6.07) is 10.8. The lowest BCUT2D eigenvalue weighted by molar-refractivity contribution is -0.135. The van der Waals surface area contributed by atoms with E-state index in [9.17, 15) is 17.6 Å². The number of fused-ring (bicyclic) bond motifs is 1. The highest BCUT2D eigenvalue weighted by Gasteiger charge is 2.44. The average molecular weight is 433 g/mol. The van der Waals surface area contributed by atoms with Crippen LogP contribution in [0.2, 0.25) is 0 Å². The van der Waals surface area contributed by atoms with Gasteiger partial charge in [0.05, 0.1) is 18.1 Å². The molecule has 2 heterocycles. The van der Waals surface area contributed by atoms with Crippen molar-refractivity contribution in [3.63, 3.8) is 0 Å². The van der Waals surface area contributed by atoms with Gasteiger partial charge in [-0.25, -0.2) is 12.8 Å². The van der Waals surface area contributed by atoms with E-state index in [1.807, 2.05) is 19.9 Å². The molecule has 2 aromatic carbocycles. The van der Waals surface area contributed by atoms with E-state index >= 15 is 0 Å². The van der Waals surface area contributed by atoms with Crippen LogP contribution in [0.25, 0.3) is 0 Å². The molecule has 6 nitrogen and oxygen atoms in total. The first-order valence-electron chi connectivity index (χ1n) is 9.99. The third kappa shape index (κ3) is 3.87. The summed E-state index contributed by atoms with van der Waals surface area (Å²) in [5.74, 6) is -0.421. The molecule has 160 valence electrons. The van der Waals surface area contributed by atoms with Crippen molar-refractivity contribution >= 4 is 15.9 Å². The van der Waals surface area contributed by atoms with E-state index in [2.05, 4.69) is 4.72 Å². The molecule has 8 heteroatoms. The molecule has 0 unspecified atom stereocenters. The Labute approximate surface area is 176 Å². The minimum absolute atomic E-state index is 0.0638. The molecule has 0 atom stereocenters. The van der Waals surface area contributed by atoms with Crippen molar-refractivity contribution in [1.29, 1.82) is 0 Å². The van der Waals surface area contributed by atoms with Gasteiger partial charge in [-0.05, 0) is 47.4 Å². The van der Waals surface area contributed by atoms with E-state index in [-0.39, 0.29) is 35.8 Å². The Bertz CT molecular complexity index is 1060. The van der Waals surface area contributed by atoms with Gasteiger partial charge < -0.3 is 9.64 Å². The van der Waals surface area contributed by atoms with Crippen LogP contribution < -0.4 is 4.72 Å². The predicted octanol–water partition coefficient (Wildman–Crippen LogP) is 2.57. The first-order valence-corrected chi connectivity index (χ1v) is 11.5. The van der Waals surface area contributed by atoms with Crippen molar-refractivity contribution in [2.24, 2.45) is 5.92 Å². The molecule has 1 fully saturated rings. The van der Waals surface area contributed by atoms with Gasteiger partial charge in [0, 0.05) is 19.0 Å². The van der Waals surface area contributed by atoms with Crippen LogP contribution in [0.15, 0.2) is 47.4 Å². The second-order valence-corrected chi connectivity index (χ2v) is 9.96. The molecule has 0 spiro atoms. The lowest BCUT2D eigenvalue weighted by atomic mass is 9.89. The molecule has 2 aromatic rings. The van der Waals surface area contributed by atoms with E-state index in [1.165, 1.54) is 12.1 Å². The van der Waals surface area contributed by atoms with Crippen LogP contribution in [0.3, 0.4) is 0 Å². The minimum atomic E-state index is -3.85. The number of ether oxygens (including phenoxy) is 1. The summed E-state index contributed by atoms with van der Waals surface area (Å²) < 4.78 is 47.7. The van der Waals surface area contributed by atoms with E-state index in [0.717, 1.165) is 11.1 Å². The highest BCUT2D eigenvalue weighted by molar-refractivity contribution is 7.89. The highest BCUT2D eigenvalue weighted by Crippen LogP contribution is 2.32. The van der Waals surface area contributed by atoms with Crippen molar-refractivity contribution in [2.45, 2.75) is 37.2 Å². The molecule has 0 saturated carbocycles. The van der Waals surface area contributed by atoms with E-state index in [1.54, 1.807) is 29.2 Å². The number of sulfonamides is 1. The molecule has 0 aliphatic carbocycles. The van der Waals surface area contributed by atoms with Gasteiger partial charge in [0.1, 0.15) is 11.4 Å². The molecule has 1 saturated heterocycles. The van der Waals surface area contributed by atoms with Crippen LogP contribution in [0.5, 0.6) is 0 Å². The quantitative estimate of drug-likeness (QED) is 0.788. The smallest absolute Gasteiger partial charge is 0.241 e. The summed E-state index contributed by atoms with van der Waals surface area (Å²) in [5, 5.41) is 0. The van der Waals surface area contributed by atoms with Crippen LogP contribution in [0, 0.1) is 11.7 Å². The molecular weight excluding hydrogens is 407 g/mol. The number of nitrogens with zero attached hydrogens (tertiary/aromatic N) is 1. The SMILES string of the molecule is CC(C)C(=O)N1CCc2ccc(S(=O)(=O)NC3(c4ccc(F)cc4)COC3)cc2C1. The van der Waals surface area contributed by atoms with Gasteiger partial charge >= 0.3 is 0 Å². The van der Waals surface area contributed by atoms with Crippen LogP contribution in [0.4, 0.5) is 4.39 Å². The standard InChI is InChI=1S/C22H25FN2O4S/c1-15(2)21(26)25-10-9-16-3-8-20(11-17(16)12-25)30(27,28)24-22(13-29-14-22)18-4-6-19(23)7-5-18/h3-8,11,15,24H,9-10,12-14H2,1-2H3. The van der Waals surface area contributed by atoms with Crippen LogP contribution >= 0.6 is 0 Å². The molecule has 4 rings (SSSR count). The number of benzene rings is 2. The third-order valence-electron chi connectivity index (χ3n) is 5.73. The molecule has 0 bridgehead atoms. The Kier molecular flexibility index (Phi) is 5.42. The largest absolute Gasteiger partial charge is 0.377 e. The summed E-state index contributed by atoms with van der Waals surface area (Å²) in [7, 11) is -3.85. The molecule has 1 N–H and O–H groups in total. The van der Waals surface area contributed by atoms with E-state index in [0.29, 0.717) is 25.1 Å². The predicted molar refractivity (Wildman–Crippen MR) is 110 cm³/mol. The molecule has 2 aliphatic heterocycles. The summed E-state index contributed by atoms with van der Waals surface area (Å²) in [6.07, 6.45) is 0.703. The minimum Gasteiger partial charge on any atom is -0.377 e. The normalized spacial score (nSPS) is 18.1. The second kappa shape index (κ2) is 7.76. The number of carbonyl (C=O) groups is 1. The molecule has 30 heavy (non-hydrogen) atoms. The zero-order valence-electron chi connectivity index (χ0n) is 17.0. The number of hydrogen-bond acceptors (Lipinski definition) is 4. The molecular formula is C22H25FN2O4S. The van der Waals surface area contributed by atoms with Crippen LogP contribution in [0.1, 0.15) is 30.5 Å². The zero-order valence-corrected chi connectivity index (χ0v) is 17.8. The number of halogens is 1. The highest BCUT2D eigenvalue weighted by atomic mass is 32.2. The summed E-state index contributed by atoms with van der Waals surface area (Å²) in [6.45, 7) is 5.12. The van der Waals surface area contributed by atoms with Gasteiger partial charge in [0.15, 0.2) is 0 Å². The van der Waals surface area contributed by atoms with Crippen LogP contribution in [-0.4, -0.2) is 39.0 Å². The van der Waals surface area contributed by atoms with Gasteiger partial charge in [0.2, 0.25) is 15.9 Å². The lowest BCUT2D eigenvalue weighted by Crippen LogP contribution is -2.59. The first-order chi connectivity index (χ1) is 14.2. The van der Waals surface area contributed by atoms with Gasteiger partial charge in [-0.1, -0.05) is 32.0 Å². The maximum atomic E-state index is 13.3. The monoisotopic (exact) mass is 432 g/mol. The van der Waals surface area contributed by atoms with Crippen LogP contribution in [-0.2, 0) is 38.1 Å². The van der Waals surface area contributed by atoms with E-state index in [4.69, 9.17) is 4.74 Å².